The van der Waals surface area contributed by atoms with Crippen LogP contribution in [0.15, 0.2) is 29.4 Å². The molecule has 1 saturated heterocycles. The second-order valence-electron chi connectivity index (χ2n) is 5.00. The zero-order valence-electron chi connectivity index (χ0n) is 11.4. The quantitative estimate of drug-likeness (QED) is 0.337. The second kappa shape index (κ2) is 5.92. The summed E-state index contributed by atoms with van der Waals surface area (Å²) in [6.45, 7) is 2.80. The van der Waals surface area contributed by atoms with E-state index in [9.17, 15) is 4.79 Å². The van der Waals surface area contributed by atoms with E-state index < -0.39 is 5.41 Å². The molecule has 1 aromatic rings. The lowest BCUT2D eigenvalue weighted by molar-refractivity contribution is -0.126. The Morgan fingerprint density at radius 1 is 1.35 bits per heavy atom. The Hall–Kier alpha value is -2.08. The Morgan fingerprint density at radius 3 is 2.50 bits per heavy atom. The van der Waals surface area contributed by atoms with E-state index in [0.29, 0.717) is 31.7 Å². The third-order valence-electron chi connectivity index (χ3n) is 3.69. The molecule has 1 heterocycles. The lowest BCUT2D eigenvalue weighted by atomic mass is 9.78. The van der Waals surface area contributed by atoms with Crippen LogP contribution in [0.2, 0.25) is 0 Å². The molecule has 0 unspecified atom stereocenters. The van der Waals surface area contributed by atoms with Crippen LogP contribution >= 0.6 is 0 Å². The maximum Gasteiger partial charge on any atom is 0.238 e. The Kier molecular flexibility index (Phi) is 4.24. The van der Waals surface area contributed by atoms with E-state index in [1.54, 1.807) is 0 Å². The summed E-state index contributed by atoms with van der Waals surface area (Å²) in [7, 11) is 0. The lowest BCUT2D eigenvalue weighted by Crippen LogP contribution is -2.50. The van der Waals surface area contributed by atoms with Crippen LogP contribution in [0.3, 0.4) is 0 Å². The molecule has 1 aliphatic rings. The number of carbonyl (C=O) groups excluding carboxylic acids is 1. The van der Waals surface area contributed by atoms with Gasteiger partial charge in [0.25, 0.3) is 0 Å². The zero-order valence-corrected chi connectivity index (χ0v) is 11.4. The van der Waals surface area contributed by atoms with E-state index in [1.165, 1.54) is 0 Å². The molecule has 2 rings (SSSR count). The molecule has 1 aliphatic heterocycles. The first-order chi connectivity index (χ1) is 9.58. The molecule has 1 aromatic carbocycles. The van der Waals surface area contributed by atoms with Gasteiger partial charge in [0.1, 0.15) is 5.41 Å². The number of anilines is 1. The molecule has 0 aliphatic carbocycles. The van der Waals surface area contributed by atoms with Gasteiger partial charge in [-0.15, -0.1) is 0 Å². The van der Waals surface area contributed by atoms with E-state index in [-0.39, 0.29) is 11.7 Å². The molecule has 6 heteroatoms. The van der Waals surface area contributed by atoms with Crippen molar-refractivity contribution in [2.24, 2.45) is 16.3 Å². The summed E-state index contributed by atoms with van der Waals surface area (Å²) < 4.78 is 5.26. The minimum Gasteiger partial charge on any atom is -0.409 e. The van der Waals surface area contributed by atoms with Crippen molar-refractivity contribution in [2.45, 2.75) is 19.8 Å². The first-order valence-corrected chi connectivity index (χ1v) is 6.52. The van der Waals surface area contributed by atoms with Gasteiger partial charge in [-0.2, -0.15) is 0 Å². The molecule has 0 aromatic heterocycles. The molecule has 0 bridgehead atoms. The minimum absolute atomic E-state index is 0.0644. The minimum atomic E-state index is -1.00. The number of ether oxygens (including phenoxy) is 1. The van der Waals surface area contributed by atoms with E-state index in [0.717, 1.165) is 5.56 Å². The van der Waals surface area contributed by atoms with Gasteiger partial charge in [0.05, 0.1) is 0 Å². The second-order valence-corrected chi connectivity index (χ2v) is 5.00. The van der Waals surface area contributed by atoms with Gasteiger partial charge in [-0.3, -0.25) is 4.79 Å². The van der Waals surface area contributed by atoms with Crippen molar-refractivity contribution >= 4 is 17.4 Å². The number of amidine groups is 1. The van der Waals surface area contributed by atoms with Crippen LogP contribution in [0.5, 0.6) is 0 Å². The van der Waals surface area contributed by atoms with Crippen LogP contribution in [0.25, 0.3) is 0 Å². The molecule has 0 atom stereocenters. The first kappa shape index (κ1) is 14.3. The summed E-state index contributed by atoms with van der Waals surface area (Å²) in [5, 5.41) is 14.8. The van der Waals surface area contributed by atoms with Gasteiger partial charge in [-0.25, -0.2) is 0 Å². The van der Waals surface area contributed by atoms with Crippen LogP contribution in [0.1, 0.15) is 18.4 Å². The maximum absolute atomic E-state index is 12.5. The van der Waals surface area contributed by atoms with Gasteiger partial charge in [0, 0.05) is 18.9 Å². The number of aryl methyl sites for hydroxylation is 1. The highest BCUT2D eigenvalue weighted by Crippen LogP contribution is 2.32. The highest BCUT2D eigenvalue weighted by molar-refractivity contribution is 6.11. The average Bonchev–Trinajstić information content (AvgIpc) is 2.49. The van der Waals surface area contributed by atoms with Crippen molar-refractivity contribution in [1.82, 2.24) is 0 Å². The normalized spacial score (nSPS) is 18.6. The van der Waals surface area contributed by atoms with Crippen LogP contribution < -0.4 is 11.1 Å². The van der Waals surface area contributed by atoms with Crippen molar-refractivity contribution in [3.05, 3.63) is 29.8 Å². The summed E-state index contributed by atoms with van der Waals surface area (Å²) >= 11 is 0. The van der Waals surface area contributed by atoms with Crippen molar-refractivity contribution in [1.29, 1.82) is 0 Å². The number of oxime groups is 1. The molecular formula is C14H19N3O3. The fourth-order valence-electron chi connectivity index (χ4n) is 2.30. The summed E-state index contributed by atoms with van der Waals surface area (Å²) in [4.78, 5) is 12.5. The number of nitrogens with zero attached hydrogens (tertiary/aromatic N) is 1. The molecule has 1 amide bonds. The zero-order chi connectivity index (χ0) is 14.6. The Bertz CT molecular complexity index is 505. The van der Waals surface area contributed by atoms with Gasteiger partial charge in [-0.05, 0) is 31.9 Å². The van der Waals surface area contributed by atoms with Gasteiger partial charge in [-0.1, -0.05) is 22.9 Å². The summed E-state index contributed by atoms with van der Waals surface area (Å²) in [5.41, 5.74) is 6.55. The Morgan fingerprint density at radius 2 is 1.95 bits per heavy atom. The van der Waals surface area contributed by atoms with Gasteiger partial charge < -0.3 is 21.0 Å². The molecule has 6 nitrogen and oxygen atoms in total. The molecule has 4 N–H and O–H groups in total. The fourth-order valence-corrected chi connectivity index (χ4v) is 2.30. The number of rotatable bonds is 3. The Labute approximate surface area is 117 Å². The standard InChI is InChI=1S/C14H19N3O3/c1-10-2-4-11(5-3-10)16-13(18)14(12(15)17-19)6-8-20-9-7-14/h2-5,19H,6-9H2,1H3,(H2,15,17)(H,16,18). The number of hydrogen-bond donors (Lipinski definition) is 3. The number of carbonyl (C=O) groups is 1. The molecular weight excluding hydrogens is 258 g/mol. The maximum atomic E-state index is 12.5. The van der Waals surface area contributed by atoms with E-state index in [4.69, 9.17) is 15.7 Å². The van der Waals surface area contributed by atoms with Crippen molar-refractivity contribution in [3.8, 4) is 0 Å². The third-order valence-corrected chi connectivity index (χ3v) is 3.69. The molecule has 20 heavy (non-hydrogen) atoms. The summed E-state index contributed by atoms with van der Waals surface area (Å²) in [6, 6.07) is 7.48. The number of nitrogens with two attached hydrogens (primary N) is 1. The topological polar surface area (TPSA) is 96.9 Å². The van der Waals surface area contributed by atoms with Crippen LogP contribution in [-0.4, -0.2) is 30.2 Å². The van der Waals surface area contributed by atoms with Crippen LogP contribution in [-0.2, 0) is 9.53 Å². The predicted octanol–water partition coefficient (Wildman–Crippen LogP) is 1.48. The van der Waals surface area contributed by atoms with Crippen molar-refractivity contribution in [2.75, 3.05) is 18.5 Å². The number of nitrogens with one attached hydrogen (secondary N) is 1. The van der Waals surface area contributed by atoms with Crippen LogP contribution in [0, 0.1) is 12.3 Å². The molecule has 108 valence electrons. The SMILES string of the molecule is Cc1ccc(NC(=O)C2(C(N)=NO)CCOCC2)cc1. The largest absolute Gasteiger partial charge is 0.409 e. The van der Waals surface area contributed by atoms with Gasteiger partial charge in [0.2, 0.25) is 5.91 Å². The van der Waals surface area contributed by atoms with Gasteiger partial charge in [0.15, 0.2) is 5.84 Å². The molecule has 0 radical (unpaired) electrons. The van der Waals surface area contributed by atoms with E-state index in [2.05, 4.69) is 10.5 Å². The molecule has 0 spiro atoms. The smallest absolute Gasteiger partial charge is 0.238 e. The monoisotopic (exact) mass is 277 g/mol. The van der Waals surface area contributed by atoms with Crippen molar-refractivity contribution in [3.63, 3.8) is 0 Å². The van der Waals surface area contributed by atoms with E-state index >= 15 is 0 Å². The van der Waals surface area contributed by atoms with Gasteiger partial charge >= 0.3 is 0 Å². The van der Waals surface area contributed by atoms with E-state index in [1.807, 2.05) is 31.2 Å². The van der Waals surface area contributed by atoms with Crippen molar-refractivity contribution < 1.29 is 14.7 Å². The number of amides is 1. The lowest BCUT2D eigenvalue weighted by Gasteiger charge is -2.34. The number of benzene rings is 1. The molecule has 0 saturated carbocycles. The first-order valence-electron chi connectivity index (χ1n) is 6.52. The summed E-state index contributed by atoms with van der Waals surface area (Å²) in [5.74, 6) is -0.328. The molecule has 1 fully saturated rings. The number of hydrogen-bond acceptors (Lipinski definition) is 4. The predicted molar refractivity (Wildman–Crippen MR) is 75.7 cm³/mol. The van der Waals surface area contributed by atoms with Crippen LogP contribution in [0.4, 0.5) is 5.69 Å². The highest BCUT2D eigenvalue weighted by Gasteiger charge is 2.44. The third kappa shape index (κ3) is 2.75. The Balaban J connectivity index is 2.21. The summed E-state index contributed by atoms with van der Waals surface area (Å²) in [6.07, 6.45) is 0.807. The highest BCUT2D eigenvalue weighted by atomic mass is 16.5. The average molecular weight is 277 g/mol. The fraction of sp³-hybridized carbons (Fsp3) is 0.429.